The van der Waals surface area contributed by atoms with Gasteiger partial charge in [-0.2, -0.15) is 5.10 Å². The molecule has 0 saturated carbocycles. The summed E-state index contributed by atoms with van der Waals surface area (Å²) in [7, 11) is 1.63. The molecule has 124 valence electrons. The highest BCUT2D eigenvalue weighted by Crippen LogP contribution is 2.21. The molecule has 7 heteroatoms. The van der Waals surface area contributed by atoms with Gasteiger partial charge in [-0.05, 0) is 29.8 Å². The van der Waals surface area contributed by atoms with Crippen molar-refractivity contribution in [1.29, 1.82) is 0 Å². The lowest BCUT2D eigenvalue weighted by Crippen LogP contribution is -2.18. The van der Waals surface area contributed by atoms with E-state index in [1.165, 1.54) is 10.7 Å². The van der Waals surface area contributed by atoms with Crippen molar-refractivity contribution in [2.75, 3.05) is 5.73 Å². The first-order chi connectivity index (χ1) is 12.1. The average molecular weight is 332 g/mol. The highest BCUT2D eigenvalue weighted by atomic mass is 16.1. The molecule has 2 N–H and O–H groups in total. The van der Waals surface area contributed by atoms with Crippen molar-refractivity contribution in [2.24, 2.45) is 7.05 Å². The van der Waals surface area contributed by atoms with Gasteiger partial charge in [0, 0.05) is 31.1 Å². The minimum absolute atomic E-state index is 0.148. The molecule has 0 spiro atoms. The topological polar surface area (TPSA) is 91.6 Å². The van der Waals surface area contributed by atoms with Crippen molar-refractivity contribution in [3.05, 3.63) is 70.8 Å². The van der Waals surface area contributed by atoms with E-state index < -0.39 is 0 Å². The van der Waals surface area contributed by atoms with Crippen molar-refractivity contribution >= 4 is 17.0 Å². The second-order valence-electron chi connectivity index (χ2n) is 5.81. The van der Waals surface area contributed by atoms with E-state index in [4.69, 9.17) is 5.73 Å². The molecule has 0 amide bonds. The summed E-state index contributed by atoms with van der Waals surface area (Å²) >= 11 is 0. The van der Waals surface area contributed by atoms with Crippen LogP contribution in [0.3, 0.4) is 0 Å². The Morgan fingerprint density at radius 3 is 2.80 bits per heavy atom. The molecule has 0 fully saturated rings. The summed E-state index contributed by atoms with van der Waals surface area (Å²) in [4.78, 5) is 20.2. The van der Waals surface area contributed by atoms with Gasteiger partial charge in [0.1, 0.15) is 0 Å². The average Bonchev–Trinajstić information content (AvgIpc) is 2.93. The van der Waals surface area contributed by atoms with Gasteiger partial charge in [-0.1, -0.05) is 12.1 Å². The Balaban J connectivity index is 1.73. The van der Waals surface area contributed by atoms with Gasteiger partial charge in [-0.25, -0.2) is 9.67 Å². The van der Waals surface area contributed by atoms with Crippen LogP contribution in [0.4, 0.5) is 5.95 Å². The van der Waals surface area contributed by atoms with Gasteiger partial charge >= 0.3 is 0 Å². The molecule has 0 aliphatic carbocycles. The Hall–Kier alpha value is -3.48. The van der Waals surface area contributed by atoms with Gasteiger partial charge < -0.3 is 10.3 Å². The molecule has 0 bridgehead atoms. The van der Waals surface area contributed by atoms with Crippen molar-refractivity contribution in [3.63, 3.8) is 0 Å². The number of aryl methyl sites for hydroxylation is 1. The molecule has 25 heavy (non-hydrogen) atoms. The molecule has 0 radical (unpaired) electrons. The number of nitrogens with two attached hydrogens (primary N) is 1. The first-order valence-electron chi connectivity index (χ1n) is 7.81. The van der Waals surface area contributed by atoms with Gasteiger partial charge in [0.15, 0.2) is 0 Å². The number of para-hydroxylation sites is 2. The monoisotopic (exact) mass is 332 g/mol. The normalized spacial score (nSPS) is 11.1. The molecular formula is C18H16N6O. The number of pyridine rings is 1. The Bertz CT molecular complexity index is 1130. The highest BCUT2D eigenvalue weighted by molar-refractivity contribution is 5.78. The fourth-order valence-electron chi connectivity index (χ4n) is 2.81. The molecule has 0 atom stereocenters. The number of nitrogen functional groups attached to an aromatic ring is 1. The van der Waals surface area contributed by atoms with Gasteiger partial charge in [0.2, 0.25) is 5.95 Å². The first-order valence-corrected chi connectivity index (χ1v) is 7.81. The quantitative estimate of drug-likeness (QED) is 0.618. The maximum atomic E-state index is 11.5. The summed E-state index contributed by atoms with van der Waals surface area (Å²) in [5, 5.41) is 4.27. The number of hydrogen-bond donors (Lipinski definition) is 1. The van der Waals surface area contributed by atoms with E-state index in [2.05, 4.69) is 15.1 Å². The van der Waals surface area contributed by atoms with E-state index in [0.717, 1.165) is 22.2 Å². The molecule has 0 unspecified atom stereocenters. The van der Waals surface area contributed by atoms with Crippen LogP contribution in [0.15, 0.2) is 59.7 Å². The predicted molar refractivity (Wildman–Crippen MR) is 96.0 cm³/mol. The van der Waals surface area contributed by atoms with Crippen LogP contribution in [-0.4, -0.2) is 24.3 Å². The van der Waals surface area contributed by atoms with E-state index in [9.17, 15) is 4.79 Å². The van der Waals surface area contributed by atoms with Crippen molar-refractivity contribution in [2.45, 2.75) is 6.54 Å². The van der Waals surface area contributed by atoms with Crippen LogP contribution < -0.4 is 11.3 Å². The number of fused-ring (bicyclic) bond motifs is 1. The lowest BCUT2D eigenvalue weighted by Gasteiger charge is -2.08. The number of hydrogen-bond acceptors (Lipinski definition) is 5. The Morgan fingerprint density at radius 2 is 1.96 bits per heavy atom. The largest absolute Gasteiger partial charge is 0.369 e. The summed E-state index contributed by atoms with van der Waals surface area (Å²) in [6, 6.07) is 13.0. The van der Waals surface area contributed by atoms with E-state index in [-0.39, 0.29) is 5.56 Å². The highest BCUT2D eigenvalue weighted by Gasteiger charge is 2.09. The van der Waals surface area contributed by atoms with E-state index >= 15 is 0 Å². The zero-order valence-electron chi connectivity index (χ0n) is 13.6. The number of benzene rings is 1. The van der Waals surface area contributed by atoms with Gasteiger partial charge in [-0.3, -0.25) is 9.78 Å². The third kappa shape index (κ3) is 2.76. The number of nitrogens with zero attached hydrogens (tertiary/aromatic N) is 5. The third-order valence-electron chi connectivity index (χ3n) is 4.08. The van der Waals surface area contributed by atoms with Crippen LogP contribution in [0.1, 0.15) is 5.56 Å². The maximum Gasteiger partial charge on any atom is 0.266 e. The lowest BCUT2D eigenvalue weighted by atomic mass is 10.1. The molecule has 1 aromatic carbocycles. The molecule has 4 aromatic rings. The van der Waals surface area contributed by atoms with Crippen LogP contribution in [0.5, 0.6) is 0 Å². The summed E-state index contributed by atoms with van der Waals surface area (Å²) in [6.45, 7) is 0.555. The molecule has 0 saturated heterocycles. The smallest absolute Gasteiger partial charge is 0.266 e. The van der Waals surface area contributed by atoms with Crippen molar-refractivity contribution < 1.29 is 0 Å². The summed E-state index contributed by atoms with van der Waals surface area (Å²) < 4.78 is 3.26. The number of aromatic nitrogens is 5. The molecule has 7 nitrogen and oxygen atoms in total. The van der Waals surface area contributed by atoms with E-state index in [0.29, 0.717) is 18.2 Å². The Labute approximate surface area is 143 Å². The summed E-state index contributed by atoms with van der Waals surface area (Å²) in [5.41, 5.74) is 10.3. The lowest BCUT2D eigenvalue weighted by molar-refractivity contribution is 0.711. The van der Waals surface area contributed by atoms with Crippen LogP contribution in [0.25, 0.3) is 22.3 Å². The number of anilines is 1. The second-order valence-corrected chi connectivity index (χ2v) is 5.81. The summed E-state index contributed by atoms with van der Waals surface area (Å²) in [6.07, 6.45) is 3.52. The van der Waals surface area contributed by atoms with E-state index in [1.807, 2.05) is 34.9 Å². The van der Waals surface area contributed by atoms with Crippen LogP contribution in [0, 0.1) is 0 Å². The minimum Gasteiger partial charge on any atom is -0.369 e. The zero-order chi connectivity index (χ0) is 17.4. The fourth-order valence-corrected chi connectivity index (χ4v) is 2.81. The Morgan fingerprint density at radius 1 is 1.12 bits per heavy atom. The van der Waals surface area contributed by atoms with Crippen LogP contribution in [-0.2, 0) is 13.6 Å². The number of imidazole rings is 1. The number of rotatable bonds is 3. The molecular weight excluding hydrogens is 316 g/mol. The molecule has 0 aliphatic rings. The van der Waals surface area contributed by atoms with Crippen LogP contribution in [0.2, 0.25) is 0 Å². The van der Waals surface area contributed by atoms with Crippen LogP contribution >= 0.6 is 0 Å². The maximum absolute atomic E-state index is 11.5. The SMILES string of the molecule is Cn1nc(-c2cncc(Cn3c(N)nc4ccccc43)c2)ccc1=O. The summed E-state index contributed by atoms with van der Waals surface area (Å²) in [5.74, 6) is 0.465. The fraction of sp³-hybridized carbons (Fsp3) is 0.111. The van der Waals surface area contributed by atoms with Gasteiger partial charge in [0.05, 0.1) is 23.3 Å². The molecule has 4 rings (SSSR count). The third-order valence-corrected chi connectivity index (χ3v) is 4.08. The van der Waals surface area contributed by atoms with Crippen molar-refractivity contribution in [1.82, 2.24) is 24.3 Å². The first kappa shape index (κ1) is 15.1. The molecule has 0 aliphatic heterocycles. The molecule has 3 heterocycles. The van der Waals surface area contributed by atoms with E-state index in [1.54, 1.807) is 25.5 Å². The van der Waals surface area contributed by atoms with Gasteiger partial charge in [-0.15, -0.1) is 0 Å². The standard InChI is InChI=1S/C18H16N6O/c1-23-17(25)7-6-14(22-23)13-8-12(9-20-10-13)11-24-16-5-3-2-4-15(16)21-18(24)19/h2-10H,11H2,1H3,(H2,19,21). The zero-order valence-corrected chi connectivity index (χ0v) is 13.6. The Kier molecular flexibility index (Phi) is 3.53. The van der Waals surface area contributed by atoms with Gasteiger partial charge in [0.25, 0.3) is 5.56 Å². The second kappa shape index (κ2) is 5.86. The van der Waals surface area contributed by atoms with Crippen molar-refractivity contribution in [3.8, 4) is 11.3 Å². The minimum atomic E-state index is -0.148. The predicted octanol–water partition coefficient (Wildman–Crippen LogP) is 1.82. The molecule has 3 aromatic heterocycles.